The van der Waals surface area contributed by atoms with E-state index in [4.69, 9.17) is 28.2 Å². The van der Waals surface area contributed by atoms with Crippen LogP contribution in [-0.4, -0.2) is 28.2 Å². The van der Waals surface area contributed by atoms with Gasteiger partial charge in [-0.05, 0) is 42.6 Å². The standard InChI is InChI=1S/C17H22ClN5OS/c1-11-6-12(2)10-23(9-11)15-7-14(18)20-16(21-15)22-17(25)19-8-13-4-3-5-24-13/h3-5,7,11-12H,6,8-10H2,1-2H3,(H2,19,20,21,22,25). The second kappa shape index (κ2) is 8.01. The van der Waals surface area contributed by atoms with Crippen LogP contribution in [0.2, 0.25) is 5.15 Å². The van der Waals surface area contributed by atoms with E-state index in [1.54, 1.807) is 12.3 Å². The van der Waals surface area contributed by atoms with Gasteiger partial charge >= 0.3 is 0 Å². The van der Waals surface area contributed by atoms with Gasteiger partial charge in [0.2, 0.25) is 5.95 Å². The van der Waals surface area contributed by atoms with E-state index in [1.807, 2.05) is 12.1 Å². The van der Waals surface area contributed by atoms with Crippen molar-refractivity contribution in [1.29, 1.82) is 0 Å². The predicted molar refractivity (Wildman–Crippen MR) is 104 cm³/mol. The zero-order chi connectivity index (χ0) is 17.8. The Balaban J connectivity index is 1.65. The molecule has 0 radical (unpaired) electrons. The predicted octanol–water partition coefficient (Wildman–Crippen LogP) is 3.69. The number of hydrogen-bond acceptors (Lipinski definition) is 5. The molecule has 6 nitrogen and oxygen atoms in total. The first-order valence-corrected chi connectivity index (χ1v) is 9.15. The minimum atomic E-state index is 0.394. The number of piperidine rings is 1. The van der Waals surface area contributed by atoms with Gasteiger partial charge in [0.25, 0.3) is 0 Å². The largest absolute Gasteiger partial charge is 0.467 e. The monoisotopic (exact) mass is 379 g/mol. The molecule has 0 amide bonds. The van der Waals surface area contributed by atoms with Crippen LogP contribution in [0.5, 0.6) is 0 Å². The molecule has 25 heavy (non-hydrogen) atoms. The molecule has 0 spiro atoms. The molecule has 1 aliphatic rings. The van der Waals surface area contributed by atoms with Crippen LogP contribution >= 0.6 is 23.8 Å². The van der Waals surface area contributed by atoms with Gasteiger partial charge in [0.05, 0.1) is 12.8 Å². The first-order chi connectivity index (χ1) is 12.0. The molecule has 0 aromatic carbocycles. The number of nitrogens with zero attached hydrogens (tertiary/aromatic N) is 3. The van der Waals surface area contributed by atoms with E-state index in [-0.39, 0.29) is 0 Å². The summed E-state index contributed by atoms with van der Waals surface area (Å²) in [5.41, 5.74) is 0. The zero-order valence-electron chi connectivity index (χ0n) is 14.3. The molecule has 0 aliphatic carbocycles. The fourth-order valence-corrected chi connectivity index (χ4v) is 3.54. The molecule has 1 aliphatic heterocycles. The van der Waals surface area contributed by atoms with Crippen LogP contribution in [0, 0.1) is 11.8 Å². The molecule has 2 N–H and O–H groups in total. The molecule has 3 heterocycles. The van der Waals surface area contributed by atoms with Gasteiger partial charge in [0.15, 0.2) is 5.11 Å². The Bertz CT molecular complexity index is 714. The fraction of sp³-hybridized carbons (Fsp3) is 0.471. The second-order valence-electron chi connectivity index (χ2n) is 6.61. The second-order valence-corrected chi connectivity index (χ2v) is 7.41. The van der Waals surface area contributed by atoms with Crippen molar-refractivity contribution in [2.75, 3.05) is 23.3 Å². The third-order valence-corrected chi connectivity index (χ3v) is 4.54. The third kappa shape index (κ3) is 5.06. The summed E-state index contributed by atoms with van der Waals surface area (Å²) >= 11 is 11.5. The number of hydrogen-bond donors (Lipinski definition) is 2. The number of aromatic nitrogens is 2. The third-order valence-electron chi connectivity index (χ3n) is 4.10. The van der Waals surface area contributed by atoms with Crippen molar-refractivity contribution in [3.05, 3.63) is 35.4 Å². The van der Waals surface area contributed by atoms with Crippen LogP contribution in [0.15, 0.2) is 28.9 Å². The van der Waals surface area contributed by atoms with Gasteiger partial charge in [-0.15, -0.1) is 0 Å². The normalized spacial score (nSPS) is 20.4. The van der Waals surface area contributed by atoms with E-state index in [0.29, 0.717) is 34.6 Å². The van der Waals surface area contributed by atoms with Crippen molar-refractivity contribution >= 4 is 40.7 Å². The number of furan rings is 1. The molecular formula is C17H22ClN5OS. The van der Waals surface area contributed by atoms with E-state index >= 15 is 0 Å². The maximum atomic E-state index is 6.19. The smallest absolute Gasteiger partial charge is 0.232 e. The van der Waals surface area contributed by atoms with E-state index in [2.05, 4.69) is 39.3 Å². The maximum absolute atomic E-state index is 6.19. The molecule has 8 heteroatoms. The Morgan fingerprint density at radius 2 is 2.12 bits per heavy atom. The average Bonchev–Trinajstić information content (AvgIpc) is 3.05. The summed E-state index contributed by atoms with van der Waals surface area (Å²) in [5, 5.41) is 6.87. The molecule has 1 fully saturated rings. The molecule has 0 bridgehead atoms. The van der Waals surface area contributed by atoms with Crippen LogP contribution in [0.4, 0.5) is 11.8 Å². The van der Waals surface area contributed by atoms with E-state index in [1.165, 1.54) is 6.42 Å². The Morgan fingerprint density at radius 3 is 2.80 bits per heavy atom. The Morgan fingerprint density at radius 1 is 1.36 bits per heavy atom. The quantitative estimate of drug-likeness (QED) is 0.620. The highest BCUT2D eigenvalue weighted by Gasteiger charge is 2.23. The topological polar surface area (TPSA) is 66.2 Å². The van der Waals surface area contributed by atoms with Gasteiger partial charge in [0.1, 0.15) is 16.7 Å². The van der Waals surface area contributed by atoms with Gasteiger partial charge in [-0.1, -0.05) is 25.4 Å². The number of rotatable bonds is 4. The fourth-order valence-electron chi connectivity index (χ4n) is 3.20. The van der Waals surface area contributed by atoms with Crippen molar-refractivity contribution in [2.24, 2.45) is 11.8 Å². The van der Waals surface area contributed by atoms with E-state index in [9.17, 15) is 0 Å². The zero-order valence-corrected chi connectivity index (χ0v) is 15.9. The first-order valence-electron chi connectivity index (χ1n) is 8.36. The van der Waals surface area contributed by atoms with Crippen molar-refractivity contribution < 1.29 is 4.42 Å². The van der Waals surface area contributed by atoms with E-state index < -0.39 is 0 Å². The minimum Gasteiger partial charge on any atom is -0.467 e. The van der Waals surface area contributed by atoms with Crippen molar-refractivity contribution in [3.63, 3.8) is 0 Å². The lowest BCUT2D eigenvalue weighted by Crippen LogP contribution is -2.39. The van der Waals surface area contributed by atoms with Crippen molar-refractivity contribution in [2.45, 2.75) is 26.8 Å². The average molecular weight is 380 g/mol. The van der Waals surface area contributed by atoms with Crippen LogP contribution in [0.1, 0.15) is 26.0 Å². The highest BCUT2D eigenvalue weighted by atomic mass is 35.5. The highest BCUT2D eigenvalue weighted by molar-refractivity contribution is 7.80. The minimum absolute atomic E-state index is 0.394. The summed E-state index contributed by atoms with van der Waals surface area (Å²) in [6.07, 6.45) is 2.86. The summed E-state index contributed by atoms with van der Waals surface area (Å²) in [5.74, 6) is 3.28. The molecule has 2 aromatic rings. The molecule has 134 valence electrons. The molecule has 3 rings (SSSR count). The van der Waals surface area contributed by atoms with Gasteiger partial charge in [0, 0.05) is 19.2 Å². The van der Waals surface area contributed by atoms with E-state index in [0.717, 1.165) is 24.7 Å². The number of anilines is 2. The lowest BCUT2D eigenvalue weighted by molar-refractivity contribution is 0.355. The molecule has 2 atom stereocenters. The Hall–Kier alpha value is -1.86. The van der Waals surface area contributed by atoms with Gasteiger partial charge in [-0.2, -0.15) is 4.98 Å². The van der Waals surface area contributed by atoms with Gasteiger partial charge < -0.3 is 20.0 Å². The lowest BCUT2D eigenvalue weighted by atomic mass is 9.92. The SMILES string of the molecule is CC1CC(C)CN(c2cc(Cl)nc(NC(=S)NCc3ccco3)n2)C1. The van der Waals surface area contributed by atoms with Crippen LogP contribution < -0.4 is 15.5 Å². The molecule has 1 saturated heterocycles. The van der Waals surface area contributed by atoms with Gasteiger partial charge in [-0.3, -0.25) is 0 Å². The molecule has 2 aromatic heterocycles. The number of thiocarbonyl (C=S) groups is 1. The Kier molecular flexibility index (Phi) is 5.75. The Labute approximate surface area is 158 Å². The van der Waals surface area contributed by atoms with Crippen molar-refractivity contribution in [1.82, 2.24) is 15.3 Å². The molecule has 0 saturated carbocycles. The molecule has 2 unspecified atom stereocenters. The summed E-state index contributed by atoms with van der Waals surface area (Å²) in [7, 11) is 0. The maximum Gasteiger partial charge on any atom is 0.232 e. The number of halogens is 1. The lowest BCUT2D eigenvalue weighted by Gasteiger charge is -2.35. The summed E-state index contributed by atoms with van der Waals surface area (Å²) in [4.78, 5) is 11.1. The number of nitrogens with one attached hydrogen (secondary N) is 2. The van der Waals surface area contributed by atoms with Crippen LogP contribution in [0.25, 0.3) is 0 Å². The van der Waals surface area contributed by atoms with Gasteiger partial charge in [-0.25, -0.2) is 4.98 Å². The summed E-state index contributed by atoms with van der Waals surface area (Å²) < 4.78 is 5.26. The van der Waals surface area contributed by atoms with Crippen LogP contribution in [0.3, 0.4) is 0 Å². The van der Waals surface area contributed by atoms with Crippen LogP contribution in [-0.2, 0) is 6.54 Å². The van der Waals surface area contributed by atoms with Crippen molar-refractivity contribution in [3.8, 4) is 0 Å². The highest BCUT2D eigenvalue weighted by Crippen LogP contribution is 2.27. The first kappa shape index (κ1) is 17.9. The molecular weight excluding hydrogens is 358 g/mol. The summed E-state index contributed by atoms with van der Waals surface area (Å²) in [6, 6.07) is 5.51. The summed E-state index contributed by atoms with van der Waals surface area (Å²) in [6.45, 7) is 6.96.